The van der Waals surface area contributed by atoms with Gasteiger partial charge in [0.2, 0.25) is 23.3 Å². The lowest BCUT2D eigenvalue weighted by Gasteiger charge is -2.26. The van der Waals surface area contributed by atoms with Gasteiger partial charge in [0, 0.05) is 10.4 Å². The number of carbonyl (C=O) groups is 4. The van der Waals surface area contributed by atoms with Gasteiger partial charge in [-0.15, -0.1) is 11.3 Å². The maximum Gasteiger partial charge on any atom is 0.291 e. The van der Waals surface area contributed by atoms with Crippen LogP contribution in [0.4, 0.5) is 10.7 Å². The third-order valence-corrected chi connectivity index (χ3v) is 9.76. The van der Waals surface area contributed by atoms with Crippen molar-refractivity contribution >= 4 is 45.7 Å². The van der Waals surface area contributed by atoms with Crippen LogP contribution in [0, 0.1) is 37.0 Å². The van der Waals surface area contributed by atoms with Crippen LogP contribution in [0.3, 0.4) is 0 Å². The Kier molecular flexibility index (Phi) is 4.91. The second kappa shape index (κ2) is 7.72. The number of nitrogens with two attached hydrogens (primary N) is 2. The molecule has 4 atom stereocenters. The maximum absolute atomic E-state index is 14.2. The molecule has 1 aliphatic carbocycles. The minimum Gasteiger partial charge on any atom is -0.369 e. The highest BCUT2D eigenvalue weighted by molar-refractivity contribution is 7.17. The quantitative estimate of drug-likeness (QED) is 0.531. The Balaban J connectivity index is 1.53. The van der Waals surface area contributed by atoms with Crippen molar-refractivity contribution in [3.8, 4) is 6.07 Å². The van der Waals surface area contributed by atoms with E-state index in [2.05, 4.69) is 11.4 Å². The fourth-order valence-electron chi connectivity index (χ4n) is 6.72. The minimum absolute atomic E-state index is 0.144. The van der Waals surface area contributed by atoms with Gasteiger partial charge in [-0.25, -0.2) is 4.90 Å². The van der Waals surface area contributed by atoms with Crippen LogP contribution in [0.2, 0.25) is 0 Å². The van der Waals surface area contributed by atoms with Gasteiger partial charge in [-0.1, -0.05) is 6.07 Å². The number of nitriles is 1. The molecular formula is C26H26N5O4S+. The van der Waals surface area contributed by atoms with Crippen LogP contribution in [-0.4, -0.2) is 29.7 Å². The Labute approximate surface area is 211 Å². The normalized spacial score (nSPS) is 28.2. The summed E-state index contributed by atoms with van der Waals surface area (Å²) in [5, 5.41) is 15.0. The summed E-state index contributed by atoms with van der Waals surface area (Å²) in [5.41, 5.74) is 8.64. The Bertz CT molecular complexity index is 1440. The number of carbonyl (C=O) groups excluding carboxylic acids is 4. The first-order chi connectivity index (χ1) is 17.2. The fourth-order valence-corrected chi connectivity index (χ4v) is 8.07. The smallest absolute Gasteiger partial charge is 0.291 e. The highest BCUT2D eigenvalue weighted by Crippen LogP contribution is 2.52. The predicted molar refractivity (Wildman–Crippen MR) is 131 cm³/mol. The molecule has 0 unspecified atom stereocenters. The summed E-state index contributed by atoms with van der Waals surface area (Å²) in [6.45, 7) is 3.85. The Morgan fingerprint density at radius 1 is 1.25 bits per heavy atom. The molecule has 4 aliphatic rings. The number of hydrogen-bond acceptors (Lipinski definition) is 6. The lowest BCUT2D eigenvalue weighted by Crippen LogP contribution is -2.99. The molecule has 6 rings (SSSR count). The van der Waals surface area contributed by atoms with Gasteiger partial charge in [0.25, 0.3) is 5.91 Å². The van der Waals surface area contributed by atoms with Crippen LogP contribution < -0.4 is 21.3 Å². The van der Waals surface area contributed by atoms with E-state index < -0.39 is 41.1 Å². The van der Waals surface area contributed by atoms with Gasteiger partial charge in [-0.3, -0.25) is 19.2 Å². The number of imide groups is 1. The Morgan fingerprint density at radius 3 is 2.72 bits per heavy atom. The topological polar surface area (TPSA) is 150 Å². The highest BCUT2D eigenvalue weighted by Gasteiger charge is 2.74. The molecule has 2 aromatic rings. The molecule has 1 aromatic heterocycles. The third-order valence-electron chi connectivity index (χ3n) is 8.48. The Morgan fingerprint density at radius 2 is 2.00 bits per heavy atom. The van der Waals surface area contributed by atoms with E-state index in [0.29, 0.717) is 21.8 Å². The van der Waals surface area contributed by atoms with Gasteiger partial charge in [0.15, 0.2) is 0 Å². The zero-order valence-corrected chi connectivity index (χ0v) is 20.8. The average Bonchev–Trinajstić information content (AvgIpc) is 3.52. The number of rotatable bonds is 3. The second-order valence-corrected chi connectivity index (χ2v) is 11.4. The largest absolute Gasteiger partial charge is 0.369 e. The number of hydrogen-bond donors (Lipinski definition) is 3. The molecule has 9 nitrogen and oxygen atoms in total. The van der Waals surface area contributed by atoms with E-state index in [1.54, 1.807) is 5.32 Å². The van der Waals surface area contributed by atoms with Crippen molar-refractivity contribution in [1.82, 2.24) is 0 Å². The summed E-state index contributed by atoms with van der Waals surface area (Å²) in [6, 6.07) is 5.30. The number of primary amides is 1. The molecule has 184 valence electrons. The number of anilines is 2. The molecule has 2 saturated heterocycles. The zero-order valence-electron chi connectivity index (χ0n) is 20.0. The van der Waals surface area contributed by atoms with Crippen molar-refractivity contribution in [2.75, 3.05) is 10.2 Å². The number of benzene rings is 1. The number of nitrogens with one attached hydrogen (secondary N) is 1. The van der Waals surface area contributed by atoms with Gasteiger partial charge >= 0.3 is 0 Å². The van der Waals surface area contributed by atoms with E-state index in [1.165, 1.54) is 11.3 Å². The van der Waals surface area contributed by atoms with Crippen molar-refractivity contribution in [2.45, 2.75) is 57.5 Å². The lowest BCUT2D eigenvalue weighted by molar-refractivity contribution is -0.732. The monoisotopic (exact) mass is 504 g/mol. The van der Waals surface area contributed by atoms with Crippen LogP contribution in [0.5, 0.6) is 0 Å². The summed E-state index contributed by atoms with van der Waals surface area (Å²) in [5.74, 6) is -3.86. The summed E-state index contributed by atoms with van der Waals surface area (Å²) in [7, 11) is 0. The standard InChI is InChI=1S/C26H25N5O4S/c1-11-7-8-15-21(12(11)2)29-25(35)26(15)20-19(16(30-26)9-18(28)32)22(33)31(23(20)34)24-14(10-27)13-5-3-4-6-17(13)36-24/h7-8,16,19-20,30H,3-6,9H2,1-2H3,(H2,28,32)(H,29,35)/p+1/t16-,19-,20+,26+/m1/s1. The number of thiophene rings is 1. The maximum atomic E-state index is 14.2. The number of fused-ring (bicyclic) bond motifs is 5. The second-order valence-electron chi connectivity index (χ2n) is 10.3. The first kappa shape index (κ1) is 22.9. The van der Waals surface area contributed by atoms with Crippen LogP contribution in [0.15, 0.2) is 12.1 Å². The third kappa shape index (κ3) is 2.78. The van der Waals surface area contributed by atoms with Crippen LogP contribution in [0.25, 0.3) is 0 Å². The van der Waals surface area contributed by atoms with E-state index >= 15 is 0 Å². The van der Waals surface area contributed by atoms with Gasteiger partial charge in [0.05, 0.1) is 17.7 Å². The molecular weight excluding hydrogens is 478 g/mol. The van der Waals surface area contributed by atoms with Crippen molar-refractivity contribution in [3.63, 3.8) is 0 Å². The van der Waals surface area contributed by atoms with Crippen LogP contribution in [0.1, 0.15) is 52.0 Å². The SMILES string of the molecule is Cc1ccc2c(c1C)NC(=O)[C@]21[NH2+][C@H](CC(N)=O)[C@H]2C(=O)N(c3sc4c(c3C#N)CCCC4)C(=O)[C@H]21. The van der Waals surface area contributed by atoms with Crippen LogP contribution in [-0.2, 0) is 37.6 Å². The summed E-state index contributed by atoms with van der Waals surface area (Å²) < 4.78 is 0. The van der Waals surface area contributed by atoms with Crippen molar-refractivity contribution in [2.24, 2.45) is 17.6 Å². The minimum atomic E-state index is -1.39. The molecule has 4 amide bonds. The summed E-state index contributed by atoms with van der Waals surface area (Å²) in [4.78, 5) is 56.0. The number of nitrogens with zero attached hydrogens (tertiary/aromatic N) is 2. The Hall–Kier alpha value is -3.55. The average molecular weight is 505 g/mol. The molecule has 1 aromatic carbocycles. The van der Waals surface area contributed by atoms with Gasteiger partial charge in [-0.05, 0) is 62.3 Å². The van der Waals surface area contributed by atoms with E-state index in [-0.39, 0.29) is 12.3 Å². The predicted octanol–water partition coefficient (Wildman–Crippen LogP) is 0.890. The molecule has 4 heterocycles. The number of aryl methyl sites for hydroxylation is 2. The fraction of sp³-hybridized carbons (Fsp3) is 0.423. The first-order valence-electron chi connectivity index (χ1n) is 12.2. The first-order valence-corrected chi connectivity index (χ1v) is 13.0. The molecule has 0 saturated carbocycles. The highest BCUT2D eigenvalue weighted by atomic mass is 32.1. The van der Waals surface area contributed by atoms with Crippen molar-refractivity contribution in [3.05, 3.63) is 44.8 Å². The molecule has 0 radical (unpaired) electrons. The van der Waals surface area contributed by atoms with Crippen molar-refractivity contribution < 1.29 is 24.5 Å². The van der Waals surface area contributed by atoms with Crippen molar-refractivity contribution in [1.29, 1.82) is 5.26 Å². The number of quaternary nitrogens is 1. The van der Waals surface area contributed by atoms with Crippen LogP contribution >= 0.6 is 11.3 Å². The molecule has 3 aliphatic heterocycles. The molecule has 36 heavy (non-hydrogen) atoms. The van der Waals surface area contributed by atoms with E-state index in [9.17, 15) is 24.4 Å². The molecule has 1 spiro atoms. The molecule has 0 bridgehead atoms. The van der Waals surface area contributed by atoms with Gasteiger partial charge in [0.1, 0.15) is 28.9 Å². The summed E-state index contributed by atoms with van der Waals surface area (Å²) in [6.07, 6.45) is 3.37. The molecule has 2 fully saturated rings. The van der Waals surface area contributed by atoms with Gasteiger partial charge < -0.3 is 16.4 Å². The van der Waals surface area contributed by atoms with E-state index in [4.69, 9.17) is 5.73 Å². The van der Waals surface area contributed by atoms with Gasteiger partial charge in [-0.2, -0.15) is 5.26 Å². The van der Waals surface area contributed by atoms with E-state index in [0.717, 1.165) is 52.2 Å². The lowest BCUT2D eigenvalue weighted by atomic mass is 9.76. The molecule has 10 heteroatoms. The van der Waals surface area contributed by atoms with E-state index in [1.807, 2.05) is 26.0 Å². The summed E-state index contributed by atoms with van der Waals surface area (Å²) >= 11 is 1.33. The zero-order chi connectivity index (χ0) is 25.5. The number of amides is 4. The molecule has 5 N–H and O–H groups in total.